The van der Waals surface area contributed by atoms with E-state index in [1.807, 2.05) is 5.32 Å². The van der Waals surface area contributed by atoms with Gasteiger partial charge in [0.2, 0.25) is 11.9 Å². The average molecular weight is 479 g/mol. The van der Waals surface area contributed by atoms with E-state index in [4.69, 9.17) is 5.73 Å². The number of carbonyl (C=O) groups is 2. The van der Waals surface area contributed by atoms with Crippen molar-refractivity contribution in [3.8, 4) is 0 Å². The smallest absolute Gasteiger partial charge is 0.384 e. The Morgan fingerprint density at radius 3 is 2.62 bits per heavy atom. The number of hydrogen-bond donors (Lipinski definition) is 4. The minimum Gasteiger partial charge on any atom is -0.384 e. The molecule has 7 nitrogen and oxygen atoms in total. The number of aryl methyl sites for hydroxylation is 1. The van der Waals surface area contributed by atoms with Crippen LogP contribution in [0.25, 0.3) is 0 Å². The maximum atomic E-state index is 13.7. The number of alkyl halides is 3. The van der Waals surface area contributed by atoms with Gasteiger partial charge in [0, 0.05) is 5.69 Å². The molecule has 2 aromatic rings. The van der Waals surface area contributed by atoms with Crippen LogP contribution >= 0.6 is 0 Å². The summed E-state index contributed by atoms with van der Waals surface area (Å²) in [7, 11) is 0. The summed E-state index contributed by atoms with van der Waals surface area (Å²) in [6, 6.07) is 4.94. The number of benzene rings is 1. The predicted octanol–water partition coefficient (Wildman–Crippen LogP) is 2.17. The molecule has 1 fully saturated rings. The molecule has 2 amide bonds. The molecule has 1 aromatic carbocycles. The number of anilines is 1. The lowest BCUT2D eigenvalue weighted by Gasteiger charge is -2.24. The molecule has 0 bridgehead atoms. The molecule has 2 aliphatic rings. The fourth-order valence-electron chi connectivity index (χ4n) is 4.54. The van der Waals surface area contributed by atoms with Crippen LogP contribution in [0.15, 0.2) is 36.4 Å². The number of nitrogens with two attached hydrogens (primary N) is 1. The number of halogens is 4. The van der Waals surface area contributed by atoms with Gasteiger partial charge in [-0.25, -0.2) is 9.37 Å². The number of carbonyl (C=O) groups excluding carboxylic acids is 2. The maximum Gasteiger partial charge on any atom is 0.417 e. The molecule has 1 aliphatic carbocycles. The van der Waals surface area contributed by atoms with E-state index in [9.17, 15) is 27.2 Å². The standard InChI is InChI=1S/C23H25F4N5O2/c24-14-3-1-12(2-4-14)9-13-10-18(29-11-13)21(33)32-20(23(25,26)27)22(34)31-17-7-6-16-15(17)5-8-19(28)30-16/h1-5,8,13,17-18,20,29H,6-7,9-11H2,(H2,28,30)(H,31,34)(H,32,33)/t13-,17+,18+,20?/m0/s1. The van der Waals surface area contributed by atoms with E-state index in [2.05, 4.69) is 15.6 Å². The highest BCUT2D eigenvalue weighted by atomic mass is 19.4. The molecule has 0 saturated carbocycles. The Balaban J connectivity index is 1.36. The number of aromatic nitrogens is 1. The van der Waals surface area contributed by atoms with Crippen molar-refractivity contribution in [3.05, 3.63) is 59.0 Å². The van der Waals surface area contributed by atoms with E-state index >= 15 is 0 Å². The number of nitrogens with zero attached hydrogens (tertiary/aromatic N) is 1. The van der Waals surface area contributed by atoms with Crippen LogP contribution in [0.2, 0.25) is 0 Å². The second-order valence-electron chi connectivity index (χ2n) is 8.75. The van der Waals surface area contributed by atoms with E-state index < -0.39 is 36.1 Å². The zero-order chi connectivity index (χ0) is 24.5. The molecule has 0 radical (unpaired) electrons. The summed E-state index contributed by atoms with van der Waals surface area (Å²) in [6.45, 7) is 0.424. The first-order chi connectivity index (χ1) is 16.1. The van der Waals surface area contributed by atoms with Gasteiger partial charge in [-0.15, -0.1) is 0 Å². The molecular weight excluding hydrogens is 454 g/mol. The molecule has 182 valence electrons. The number of rotatable bonds is 6. The van der Waals surface area contributed by atoms with E-state index in [0.29, 0.717) is 49.3 Å². The average Bonchev–Trinajstić information content (AvgIpc) is 3.39. The van der Waals surface area contributed by atoms with Crippen molar-refractivity contribution in [1.29, 1.82) is 0 Å². The van der Waals surface area contributed by atoms with Crippen LogP contribution in [0.5, 0.6) is 0 Å². The molecule has 11 heteroatoms. The van der Waals surface area contributed by atoms with Crippen LogP contribution in [0.4, 0.5) is 23.4 Å². The van der Waals surface area contributed by atoms with Gasteiger partial charge in [0.25, 0.3) is 5.91 Å². The topological polar surface area (TPSA) is 109 Å². The molecule has 1 aliphatic heterocycles. The van der Waals surface area contributed by atoms with Crippen LogP contribution in [0.3, 0.4) is 0 Å². The molecule has 4 rings (SSSR count). The van der Waals surface area contributed by atoms with E-state index in [0.717, 1.165) is 5.56 Å². The first-order valence-corrected chi connectivity index (χ1v) is 11.0. The number of fused-ring (bicyclic) bond motifs is 1. The Labute approximate surface area is 193 Å². The number of amides is 2. The third-order valence-corrected chi connectivity index (χ3v) is 6.24. The van der Waals surface area contributed by atoms with Crippen molar-refractivity contribution < 1.29 is 27.2 Å². The van der Waals surface area contributed by atoms with Gasteiger partial charge in [0.1, 0.15) is 11.6 Å². The van der Waals surface area contributed by atoms with Crippen LogP contribution in [0, 0.1) is 11.7 Å². The third-order valence-electron chi connectivity index (χ3n) is 6.24. The molecule has 2 heterocycles. The molecule has 1 aromatic heterocycles. The molecular formula is C23H25F4N5O2. The van der Waals surface area contributed by atoms with Gasteiger partial charge in [0.05, 0.1) is 12.1 Å². The zero-order valence-corrected chi connectivity index (χ0v) is 18.2. The summed E-state index contributed by atoms with van der Waals surface area (Å²) in [6.07, 6.45) is -3.23. The van der Waals surface area contributed by atoms with Crippen molar-refractivity contribution in [2.75, 3.05) is 12.3 Å². The Morgan fingerprint density at radius 1 is 1.18 bits per heavy atom. The summed E-state index contributed by atoms with van der Waals surface area (Å²) < 4.78 is 54.1. The fourth-order valence-corrected chi connectivity index (χ4v) is 4.54. The van der Waals surface area contributed by atoms with Crippen molar-refractivity contribution in [1.82, 2.24) is 20.9 Å². The van der Waals surface area contributed by atoms with Crippen LogP contribution in [-0.4, -0.2) is 41.6 Å². The Morgan fingerprint density at radius 2 is 1.91 bits per heavy atom. The highest BCUT2D eigenvalue weighted by Gasteiger charge is 2.48. The van der Waals surface area contributed by atoms with Crippen molar-refractivity contribution in [2.24, 2.45) is 5.92 Å². The number of hydrogen-bond acceptors (Lipinski definition) is 5. The van der Waals surface area contributed by atoms with Gasteiger partial charge >= 0.3 is 6.18 Å². The summed E-state index contributed by atoms with van der Waals surface area (Å²) in [5.41, 5.74) is 7.77. The minimum atomic E-state index is -4.97. The highest BCUT2D eigenvalue weighted by molar-refractivity contribution is 5.90. The predicted molar refractivity (Wildman–Crippen MR) is 116 cm³/mol. The Kier molecular flexibility index (Phi) is 6.74. The van der Waals surface area contributed by atoms with Gasteiger partial charge in [-0.05, 0) is 67.5 Å². The van der Waals surface area contributed by atoms with Gasteiger partial charge in [-0.1, -0.05) is 18.2 Å². The number of pyridine rings is 1. The van der Waals surface area contributed by atoms with E-state index in [1.165, 1.54) is 18.2 Å². The molecule has 1 unspecified atom stereocenters. The second kappa shape index (κ2) is 9.57. The summed E-state index contributed by atoms with van der Waals surface area (Å²) >= 11 is 0. The lowest BCUT2D eigenvalue weighted by molar-refractivity contribution is -0.172. The van der Waals surface area contributed by atoms with Crippen LogP contribution in [-0.2, 0) is 22.4 Å². The Bertz CT molecular complexity index is 1060. The van der Waals surface area contributed by atoms with Gasteiger partial charge in [0.15, 0.2) is 0 Å². The van der Waals surface area contributed by atoms with Crippen molar-refractivity contribution in [3.63, 3.8) is 0 Å². The van der Waals surface area contributed by atoms with Crippen molar-refractivity contribution >= 4 is 17.6 Å². The van der Waals surface area contributed by atoms with Crippen LogP contribution < -0.4 is 21.7 Å². The second-order valence-corrected chi connectivity index (χ2v) is 8.75. The summed E-state index contributed by atoms with van der Waals surface area (Å²) in [4.78, 5) is 29.3. The molecule has 34 heavy (non-hydrogen) atoms. The maximum absolute atomic E-state index is 13.7. The van der Waals surface area contributed by atoms with Gasteiger partial charge in [-0.3, -0.25) is 9.59 Å². The lowest BCUT2D eigenvalue weighted by atomic mass is 9.96. The molecule has 0 spiro atoms. The van der Waals surface area contributed by atoms with Crippen LogP contribution in [0.1, 0.15) is 35.7 Å². The van der Waals surface area contributed by atoms with Crippen molar-refractivity contribution in [2.45, 2.75) is 50.0 Å². The van der Waals surface area contributed by atoms with Gasteiger partial charge in [-0.2, -0.15) is 13.2 Å². The monoisotopic (exact) mass is 479 g/mol. The molecule has 5 N–H and O–H groups in total. The quantitative estimate of drug-likeness (QED) is 0.475. The largest absolute Gasteiger partial charge is 0.417 e. The van der Waals surface area contributed by atoms with E-state index in [-0.39, 0.29) is 11.7 Å². The summed E-state index contributed by atoms with van der Waals surface area (Å²) in [5, 5.41) is 7.19. The third kappa shape index (κ3) is 5.46. The lowest BCUT2D eigenvalue weighted by Crippen LogP contribution is -2.58. The highest BCUT2D eigenvalue weighted by Crippen LogP contribution is 2.31. The van der Waals surface area contributed by atoms with E-state index in [1.54, 1.807) is 18.2 Å². The zero-order valence-electron chi connectivity index (χ0n) is 18.2. The number of nitrogen functional groups attached to an aromatic ring is 1. The Hall–Kier alpha value is -3.21. The molecule has 4 atom stereocenters. The first-order valence-electron chi connectivity index (χ1n) is 11.0. The SMILES string of the molecule is Nc1ccc2c(n1)CC[C@H]2NC(=O)C(NC(=O)[C@H]1C[C@H](Cc2ccc(F)cc2)CN1)C(F)(F)F. The normalized spacial score (nSPS) is 22.8. The number of nitrogens with one attached hydrogen (secondary N) is 3. The first kappa shape index (κ1) is 23.9. The van der Waals surface area contributed by atoms with Gasteiger partial charge < -0.3 is 21.7 Å². The fraction of sp³-hybridized carbons (Fsp3) is 0.435. The summed E-state index contributed by atoms with van der Waals surface area (Å²) in [5.74, 6) is -2.28. The minimum absolute atomic E-state index is 0.00528. The molecule has 1 saturated heterocycles.